The SMILES string of the molecule is CC(C)C(=O)CC1CCN(C(=O)OC(C)(C)C)CC1. The van der Waals surface area contributed by atoms with Gasteiger partial charge in [-0.1, -0.05) is 13.8 Å². The number of piperidine rings is 1. The van der Waals surface area contributed by atoms with Gasteiger partial charge in [-0.2, -0.15) is 0 Å². The summed E-state index contributed by atoms with van der Waals surface area (Å²) in [5.41, 5.74) is -0.443. The van der Waals surface area contributed by atoms with Crippen LogP contribution in [0.15, 0.2) is 0 Å². The fourth-order valence-corrected chi connectivity index (χ4v) is 2.17. The number of nitrogens with zero attached hydrogens (tertiary/aromatic N) is 1. The van der Waals surface area contributed by atoms with Gasteiger partial charge in [0.2, 0.25) is 0 Å². The van der Waals surface area contributed by atoms with Crippen molar-refractivity contribution in [3.05, 3.63) is 0 Å². The van der Waals surface area contributed by atoms with Crippen LogP contribution in [0.2, 0.25) is 0 Å². The van der Waals surface area contributed by atoms with Crippen molar-refractivity contribution in [2.24, 2.45) is 11.8 Å². The summed E-state index contributed by atoms with van der Waals surface area (Å²) < 4.78 is 5.35. The molecule has 0 aliphatic carbocycles. The van der Waals surface area contributed by atoms with Crippen LogP contribution >= 0.6 is 0 Å². The predicted molar refractivity (Wildman–Crippen MR) is 75.0 cm³/mol. The molecule has 1 fully saturated rings. The number of hydrogen-bond donors (Lipinski definition) is 0. The molecule has 1 saturated heterocycles. The molecule has 0 spiro atoms. The molecule has 1 amide bonds. The molecular formula is C15H27NO3. The Balaban J connectivity index is 2.37. The Kier molecular flexibility index (Phi) is 5.39. The molecule has 1 aliphatic heterocycles. The maximum absolute atomic E-state index is 11.9. The summed E-state index contributed by atoms with van der Waals surface area (Å²) in [6, 6.07) is 0. The third-order valence-corrected chi connectivity index (χ3v) is 3.40. The first-order chi connectivity index (χ1) is 8.69. The summed E-state index contributed by atoms with van der Waals surface area (Å²) in [5.74, 6) is 0.869. The zero-order valence-corrected chi connectivity index (χ0v) is 12.9. The number of ether oxygens (including phenoxy) is 1. The van der Waals surface area contributed by atoms with E-state index in [0.29, 0.717) is 31.2 Å². The molecule has 0 aromatic heterocycles. The lowest BCUT2D eigenvalue weighted by Gasteiger charge is -2.33. The molecule has 4 heteroatoms. The summed E-state index contributed by atoms with van der Waals surface area (Å²) in [6.45, 7) is 10.9. The fourth-order valence-electron chi connectivity index (χ4n) is 2.17. The minimum Gasteiger partial charge on any atom is -0.444 e. The topological polar surface area (TPSA) is 46.6 Å². The van der Waals surface area contributed by atoms with Gasteiger partial charge >= 0.3 is 6.09 Å². The number of hydrogen-bond acceptors (Lipinski definition) is 3. The molecule has 0 radical (unpaired) electrons. The second kappa shape index (κ2) is 6.40. The standard InChI is InChI=1S/C15H27NO3/c1-11(2)13(17)10-12-6-8-16(9-7-12)14(18)19-15(3,4)5/h11-12H,6-10H2,1-5H3. The molecule has 110 valence electrons. The zero-order valence-electron chi connectivity index (χ0n) is 12.9. The van der Waals surface area contributed by atoms with Gasteiger partial charge in [0.05, 0.1) is 0 Å². The van der Waals surface area contributed by atoms with E-state index in [1.54, 1.807) is 4.90 Å². The second-order valence-corrected chi connectivity index (χ2v) is 6.74. The highest BCUT2D eigenvalue weighted by Gasteiger charge is 2.27. The molecule has 0 N–H and O–H groups in total. The van der Waals surface area contributed by atoms with Crippen molar-refractivity contribution in [2.45, 2.75) is 59.5 Å². The smallest absolute Gasteiger partial charge is 0.410 e. The first-order valence-corrected chi connectivity index (χ1v) is 7.19. The van der Waals surface area contributed by atoms with Crippen molar-refractivity contribution in [1.82, 2.24) is 4.90 Å². The Morgan fingerprint density at radius 1 is 1.21 bits per heavy atom. The summed E-state index contributed by atoms with van der Waals surface area (Å²) in [5, 5.41) is 0. The van der Waals surface area contributed by atoms with Gasteiger partial charge in [0.1, 0.15) is 11.4 Å². The van der Waals surface area contributed by atoms with E-state index in [0.717, 1.165) is 12.8 Å². The summed E-state index contributed by atoms with van der Waals surface area (Å²) in [6.07, 6.45) is 2.22. The van der Waals surface area contributed by atoms with Crippen LogP contribution in [0, 0.1) is 11.8 Å². The fraction of sp³-hybridized carbons (Fsp3) is 0.867. The summed E-state index contributed by atoms with van der Waals surface area (Å²) >= 11 is 0. The summed E-state index contributed by atoms with van der Waals surface area (Å²) in [4.78, 5) is 25.3. The first-order valence-electron chi connectivity index (χ1n) is 7.19. The van der Waals surface area contributed by atoms with E-state index in [1.807, 2.05) is 34.6 Å². The first kappa shape index (κ1) is 16.0. The molecule has 0 atom stereocenters. The van der Waals surface area contributed by atoms with Crippen molar-refractivity contribution in [2.75, 3.05) is 13.1 Å². The van der Waals surface area contributed by atoms with E-state index in [4.69, 9.17) is 4.74 Å². The van der Waals surface area contributed by atoms with Crippen LogP contribution < -0.4 is 0 Å². The third-order valence-electron chi connectivity index (χ3n) is 3.40. The van der Waals surface area contributed by atoms with E-state index in [-0.39, 0.29) is 12.0 Å². The van der Waals surface area contributed by atoms with Gasteiger partial charge in [0.15, 0.2) is 0 Å². The molecule has 1 heterocycles. The van der Waals surface area contributed by atoms with Crippen molar-refractivity contribution in [3.8, 4) is 0 Å². The largest absolute Gasteiger partial charge is 0.444 e. The minimum absolute atomic E-state index is 0.115. The molecule has 4 nitrogen and oxygen atoms in total. The van der Waals surface area contributed by atoms with Crippen LogP contribution in [0.1, 0.15) is 53.9 Å². The maximum atomic E-state index is 11.9. The number of carbonyl (C=O) groups excluding carboxylic acids is 2. The highest BCUT2D eigenvalue weighted by molar-refractivity contribution is 5.80. The highest BCUT2D eigenvalue weighted by Crippen LogP contribution is 2.23. The van der Waals surface area contributed by atoms with E-state index in [1.165, 1.54) is 0 Å². The Hall–Kier alpha value is -1.06. The minimum atomic E-state index is -0.443. The Labute approximate surface area is 116 Å². The van der Waals surface area contributed by atoms with Gasteiger partial charge in [-0.05, 0) is 39.5 Å². The number of amides is 1. The second-order valence-electron chi connectivity index (χ2n) is 6.74. The number of likely N-dealkylation sites (tertiary alicyclic amines) is 1. The normalized spacial score (nSPS) is 17.7. The number of rotatable bonds is 3. The van der Waals surface area contributed by atoms with E-state index >= 15 is 0 Å². The Morgan fingerprint density at radius 2 is 1.74 bits per heavy atom. The van der Waals surface area contributed by atoms with Crippen LogP contribution in [0.3, 0.4) is 0 Å². The quantitative estimate of drug-likeness (QED) is 0.790. The van der Waals surface area contributed by atoms with Gasteiger partial charge in [-0.25, -0.2) is 4.79 Å². The molecular weight excluding hydrogens is 242 g/mol. The molecule has 0 unspecified atom stereocenters. The molecule has 1 rings (SSSR count). The van der Waals surface area contributed by atoms with Crippen molar-refractivity contribution < 1.29 is 14.3 Å². The molecule has 0 saturated carbocycles. The van der Waals surface area contributed by atoms with Crippen LogP contribution in [0.25, 0.3) is 0 Å². The predicted octanol–water partition coefficient (Wildman–Crippen LogP) is 3.25. The van der Waals surface area contributed by atoms with Crippen LogP contribution in [-0.4, -0.2) is 35.5 Å². The number of Topliss-reactive ketones (excluding diaryl/α,β-unsaturated/α-hetero) is 1. The van der Waals surface area contributed by atoms with Crippen molar-refractivity contribution in [3.63, 3.8) is 0 Å². The monoisotopic (exact) mass is 269 g/mol. The van der Waals surface area contributed by atoms with Crippen LogP contribution in [-0.2, 0) is 9.53 Å². The average Bonchev–Trinajstić information content (AvgIpc) is 2.27. The van der Waals surface area contributed by atoms with Gasteiger partial charge < -0.3 is 9.64 Å². The molecule has 19 heavy (non-hydrogen) atoms. The van der Waals surface area contributed by atoms with Crippen LogP contribution in [0.4, 0.5) is 4.79 Å². The van der Waals surface area contributed by atoms with Gasteiger partial charge in [0.25, 0.3) is 0 Å². The van der Waals surface area contributed by atoms with Crippen molar-refractivity contribution >= 4 is 11.9 Å². The van der Waals surface area contributed by atoms with Gasteiger partial charge in [-0.3, -0.25) is 4.79 Å². The molecule has 0 aromatic carbocycles. The van der Waals surface area contributed by atoms with Crippen molar-refractivity contribution in [1.29, 1.82) is 0 Å². The van der Waals surface area contributed by atoms with E-state index < -0.39 is 5.60 Å². The van der Waals surface area contributed by atoms with E-state index in [2.05, 4.69) is 0 Å². The third kappa shape index (κ3) is 5.62. The Morgan fingerprint density at radius 3 is 2.16 bits per heavy atom. The molecule has 0 aromatic rings. The number of ketones is 1. The van der Waals surface area contributed by atoms with Gasteiger partial charge in [-0.15, -0.1) is 0 Å². The Bertz CT molecular complexity index is 323. The number of carbonyl (C=O) groups is 2. The summed E-state index contributed by atoms with van der Waals surface area (Å²) in [7, 11) is 0. The molecule has 1 aliphatic rings. The van der Waals surface area contributed by atoms with Gasteiger partial charge in [0, 0.05) is 25.4 Å². The maximum Gasteiger partial charge on any atom is 0.410 e. The highest BCUT2D eigenvalue weighted by atomic mass is 16.6. The zero-order chi connectivity index (χ0) is 14.6. The van der Waals surface area contributed by atoms with E-state index in [9.17, 15) is 9.59 Å². The average molecular weight is 269 g/mol. The molecule has 0 bridgehead atoms. The van der Waals surface area contributed by atoms with Crippen LogP contribution in [0.5, 0.6) is 0 Å². The lowest BCUT2D eigenvalue weighted by atomic mass is 9.89. The lowest BCUT2D eigenvalue weighted by Crippen LogP contribution is -2.42. The lowest BCUT2D eigenvalue weighted by molar-refractivity contribution is -0.123.